The minimum absolute atomic E-state index is 0.262. The minimum atomic E-state index is 0.262. The van der Waals surface area contributed by atoms with Crippen LogP contribution in [0.4, 0.5) is 5.69 Å². The molecule has 0 radical (unpaired) electrons. The first-order chi connectivity index (χ1) is 10.2. The summed E-state index contributed by atoms with van der Waals surface area (Å²) >= 11 is 0. The fraction of sp³-hybridized carbons (Fsp3) is 0.647. The molecule has 0 aromatic heterocycles. The Hall–Kier alpha value is -1.10. The van der Waals surface area contributed by atoms with Gasteiger partial charge in [0.05, 0.1) is 6.61 Å². The van der Waals surface area contributed by atoms with Crippen molar-refractivity contribution in [2.75, 3.05) is 50.8 Å². The minimum Gasteiger partial charge on any atom is -0.395 e. The number of aliphatic hydroxyl groups is 1. The van der Waals surface area contributed by atoms with E-state index in [1.165, 1.54) is 16.8 Å². The molecule has 2 N–H and O–H groups in total. The first kappa shape index (κ1) is 16.3. The zero-order chi connectivity index (χ0) is 15.1. The standard InChI is InChI=1S/C17H29N3O/c1-3-18-14-16-5-6-17(13-15(16)2)20-8-4-7-19(9-10-20)11-12-21/h5-6,13,18,21H,3-4,7-12,14H2,1-2H3. The average Bonchev–Trinajstić information content (AvgIpc) is 2.72. The Morgan fingerprint density at radius 2 is 2.05 bits per heavy atom. The van der Waals surface area contributed by atoms with Crippen molar-refractivity contribution in [1.82, 2.24) is 10.2 Å². The highest BCUT2D eigenvalue weighted by molar-refractivity contribution is 5.51. The van der Waals surface area contributed by atoms with Gasteiger partial charge in [0, 0.05) is 38.4 Å². The van der Waals surface area contributed by atoms with Crippen LogP contribution < -0.4 is 10.2 Å². The predicted octanol–water partition coefficient (Wildman–Crippen LogP) is 1.61. The van der Waals surface area contributed by atoms with Crippen LogP contribution in [0.5, 0.6) is 0 Å². The molecule has 0 saturated carbocycles. The third-order valence-electron chi connectivity index (χ3n) is 4.26. The van der Waals surface area contributed by atoms with Crippen molar-refractivity contribution in [2.24, 2.45) is 0 Å². The van der Waals surface area contributed by atoms with E-state index < -0.39 is 0 Å². The molecule has 1 aliphatic rings. The van der Waals surface area contributed by atoms with Crippen molar-refractivity contribution < 1.29 is 5.11 Å². The lowest BCUT2D eigenvalue weighted by Crippen LogP contribution is -2.32. The number of nitrogens with one attached hydrogen (secondary N) is 1. The number of anilines is 1. The number of nitrogens with zero attached hydrogens (tertiary/aromatic N) is 2. The molecule has 1 aromatic carbocycles. The maximum atomic E-state index is 9.07. The summed E-state index contributed by atoms with van der Waals surface area (Å²) in [7, 11) is 0. The third kappa shape index (κ3) is 4.70. The highest BCUT2D eigenvalue weighted by atomic mass is 16.3. The fourth-order valence-electron chi connectivity index (χ4n) is 2.93. The van der Waals surface area contributed by atoms with Crippen LogP contribution >= 0.6 is 0 Å². The van der Waals surface area contributed by atoms with Crippen LogP contribution in [-0.2, 0) is 6.54 Å². The van der Waals surface area contributed by atoms with Gasteiger partial charge in [-0.25, -0.2) is 0 Å². The summed E-state index contributed by atoms with van der Waals surface area (Å²) in [6.07, 6.45) is 1.16. The van der Waals surface area contributed by atoms with E-state index in [1.807, 2.05) is 0 Å². The number of rotatable bonds is 6. The summed E-state index contributed by atoms with van der Waals surface area (Å²) in [4.78, 5) is 4.83. The van der Waals surface area contributed by atoms with Gasteiger partial charge in [-0.15, -0.1) is 0 Å². The number of aryl methyl sites for hydroxylation is 1. The Morgan fingerprint density at radius 1 is 1.19 bits per heavy atom. The summed E-state index contributed by atoms with van der Waals surface area (Å²) in [5.41, 5.74) is 4.08. The molecule has 0 bridgehead atoms. The lowest BCUT2D eigenvalue weighted by Gasteiger charge is -2.24. The van der Waals surface area contributed by atoms with Gasteiger partial charge in [-0.05, 0) is 49.7 Å². The first-order valence-corrected chi connectivity index (χ1v) is 8.13. The number of hydrogen-bond acceptors (Lipinski definition) is 4. The molecule has 1 saturated heterocycles. The summed E-state index contributed by atoms with van der Waals surface area (Å²) in [6.45, 7) is 11.6. The van der Waals surface area contributed by atoms with Crippen molar-refractivity contribution in [3.05, 3.63) is 29.3 Å². The molecule has 0 unspecified atom stereocenters. The molecule has 0 spiro atoms. The van der Waals surface area contributed by atoms with Crippen LogP contribution in [0.3, 0.4) is 0 Å². The Balaban J connectivity index is 1.99. The maximum absolute atomic E-state index is 9.07. The van der Waals surface area contributed by atoms with Gasteiger partial charge in [0.1, 0.15) is 0 Å². The van der Waals surface area contributed by atoms with Crippen molar-refractivity contribution in [1.29, 1.82) is 0 Å². The monoisotopic (exact) mass is 291 g/mol. The molecule has 2 rings (SSSR count). The number of benzene rings is 1. The Labute approximate surface area is 128 Å². The highest BCUT2D eigenvalue weighted by Gasteiger charge is 2.15. The molecule has 0 amide bonds. The smallest absolute Gasteiger partial charge is 0.0558 e. The molecule has 1 aromatic rings. The topological polar surface area (TPSA) is 38.7 Å². The molecule has 1 heterocycles. The molecule has 118 valence electrons. The predicted molar refractivity (Wildman–Crippen MR) is 88.9 cm³/mol. The number of hydrogen-bond donors (Lipinski definition) is 2. The lowest BCUT2D eigenvalue weighted by atomic mass is 10.1. The number of aliphatic hydroxyl groups excluding tert-OH is 1. The summed E-state index contributed by atoms with van der Waals surface area (Å²) < 4.78 is 0. The molecule has 4 heteroatoms. The van der Waals surface area contributed by atoms with Crippen molar-refractivity contribution in [3.63, 3.8) is 0 Å². The van der Waals surface area contributed by atoms with E-state index in [9.17, 15) is 0 Å². The van der Waals surface area contributed by atoms with Gasteiger partial charge in [0.15, 0.2) is 0 Å². The van der Waals surface area contributed by atoms with E-state index in [1.54, 1.807) is 0 Å². The lowest BCUT2D eigenvalue weighted by molar-refractivity contribution is 0.204. The number of β-amino-alcohol motifs (C(OH)–C–C–N with tert-alkyl or cyclic N) is 1. The van der Waals surface area contributed by atoms with E-state index in [4.69, 9.17) is 5.11 Å². The molecular weight excluding hydrogens is 262 g/mol. The zero-order valence-corrected chi connectivity index (χ0v) is 13.4. The van der Waals surface area contributed by atoms with Gasteiger partial charge in [-0.3, -0.25) is 4.90 Å². The van der Waals surface area contributed by atoms with E-state index >= 15 is 0 Å². The van der Waals surface area contributed by atoms with Gasteiger partial charge in [-0.2, -0.15) is 0 Å². The summed E-state index contributed by atoms with van der Waals surface area (Å²) in [5, 5.41) is 12.5. The second-order valence-electron chi connectivity index (χ2n) is 5.80. The molecule has 1 aliphatic heterocycles. The largest absolute Gasteiger partial charge is 0.395 e. The van der Waals surface area contributed by atoms with Crippen LogP contribution in [0.2, 0.25) is 0 Å². The SMILES string of the molecule is CCNCc1ccc(N2CCCN(CCO)CC2)cc1C. The van der Waals surface area contributed by atoms with Crippen molar-refractivity contribution >= 4 is 5.69 Å². The second kappa shape index (κ2) is 8.37. The van der Waals surface area contributed by atoms with E-state index in [-0.39, 0.29) is 6.61 Å². The first-order valence-electron chi connectivity index (χ1n) is 8.13. The molecule has 1 fully saturated rings. The quantitative estimate of drug-likeness (QED) is 0.835. The average molecular weight is 291 g/mol. The Bertz CT molecular complexity index is 436. The molecule has 0 atom stereocenters. The van der Waals surface area contributed by atoms with Gasteiger partial charge in [-0.1, -0.05) is 13.0 Å². The van der Waals surface area contributed by atoms with Crippen LogP contribution in [0.1, 0.15) is 24.5 Å². The molecule has 0 aliphatic carbocycles. The van der Waals surface area contributed by atoms with Gasteiger partial charge >= 0.3 is 0 Å². The van der Waals surface area contributed by atoms with E-state index in [0.717, 1.165) is 52.2 Å². The third-order valence-corrected chi connectivity index (χ3v) is 4.26. The van der Waals surface area contributed by atoms with Crippen LogP contribution in [-0.4, -0.2) is 55.9 Å². The zero-order valence-electron chi connectivity index (χ0n) is 13.4. The Kier molecular flexibility index (Phi) is 6.49. The summed E-state index contributed by atoms with van der Waals surface area (Å²) in [6, 6.07) is 6.82. The highest BCUT2D eigenvalue weighted by Crippen LogP contribution is 2.20. The normalized spacial score (nSPS) is 17.0. The van der Waals surface area contributed by atoms with Gasteiger partial charge in [0.25, 0.3) is 0 Å². The van der Waals surface area contributed by atoms with E-state index in [0.29, 0.717) is 0 Å². The van der Waals surface area contributed by atoms with Crippen molar-refractivity contribution in [2.45, 2.75) is 26.8 Å². The Morgan fingerprint density at radius 3 is 2.76 bits per heavy atom. The maximum Gasteiger partial charge on any atom is 0.0558 e. The van der Waals surface area contributed by atoms with Gasteiger partial charge in [0.2, 0.25) is 0 Å². The van der Waals surface area contributed by atoms with Crippen LogP contribution in [0, 0.1) is 6.92 Å². The molecular formula is C17H29N3O. The van der Waals surface area contributed by atoms with Crippen LogP contribution in [0.15, 0.2) is 18.2 Å². The van der Waals surface area contributed by atoms with E-state index in [2.05, 4.69) is 47.2 Å². The van der Waals surface area contributed by atoms with Gasteiger partial charge < -0.3 is 15.3 Å². The van der Waals surface area contributed by atoms with Crippen LogP contribution in [0.25, 0.3) is 0 Å². The molecule has 21 heavy (non-hydrogen) atoms. The summed E-state index contributed by atoms with van der Waals surface area (Å²) in [5.74, 6) is 0. The van der Waals surface area contributed by atoms with Crippen molar-refractivity contribution in [3.8, 4) is 0 Å². The fourth-order valence-corrected chi connectivity index (χ4v) is 2.93. The molecule has 4 nitrogen and oxygen atoms in total. The second-order valence-corrected chi connectivity index (χ2v) is 5.80.